The summed E-state index contributed by atoms with van der Waals surface area (Å²) in [7, 11) is 0. The topological polar surface area (TPSA) is 19.7 Å². The Hall–Kier alpha value is -0.790. The Morgan fingerprint density at radius 3 is 1.53 bits per heavy atom. The molecule has 1 atom stereocenters. The third kappa shape index (κ3) is 17.6. The second kappa shape index (κ2) is 22.7. The van der Waals surface area contributed by atoms with Crippen molar-refractivity contribution in [1.29, 1.82) is 0 Å². The molecule has 34 heavy (non-hydrogen) atoms. The van der Waals surface area contributed by atoms with E-state index in [4.69, 9.17) is 0 Å². The fourth-order valence-corrected chi connectivity index (χ4v) is 5.32. The van der Waals surface area contributed by atoms with Crippen LogP contribution in [-0.2, 0) is 6.42 Å². The van der Waals surface area contributed by atoms with E-state index >= 15 is 0 Å². The molecule has 0 saturated carbocycles. The maximum absolute atomic E-state index is 3.53. The van der Waals surface area contributed by atoms with Crippen molar-refractivity contribution in [3.63, 3.8) is 0 Å². The molecule has 200 valence electrons. The quantitative estimate of drug-likeness (QED) is 0.107. The number of rotatable bonds is 25. The average Bonchev–Trinajstić information content (AvgIpc) is 3.29. The van der Waals surface area contributed by atoms with Gasteiger partial charge in [0.25, 0.3) is 5.82 Å². The molecule has 1 aromatic rings. The lowest BCUT2D eigenvalue weighted by molar-refractivity contribution is -0.726. The van der Waals surface area contributed by atoms with Gasteiger partial charge in [0.15, 0.2) is 0 Å². The third-order valence-electron chi connectivity index (χ3n) is 7.69. The molecule has 0 aliphatic rings. The second-order valence-corrected chi connectivity index (χ2v) is 11.6. The summed E-state index contributed by atoms with van der Waals surface area (Å²) in [5.74, 6) is 2.31. The zero-order chi connectivity index (χ0) is 24.7. The maximum Gasteiger partial charge on any atom is 0.254 e. The van der Waals surface area contributed by atoms with Crippen molar-refractivity contribution >= 4 is 0 Å². The van der Waals surface area contributed by atoms with E-state index in [9.17, 15) is 0 Å². The number of unbranched alkanes of at least 4 members (excludes halogenated alkanes) is 18. The largest absolute Gasteiger partial charge is 0.254 e. The number of nitrogens with zero attached hydrogens (tertiary/aromatic N) is 1. The van der Waals surface area contributed by atoms with Gasteiger partial charge in [0.05, 0.1) is 6.04 Å². The highest BCUT2D eigenvalue weighted by Crippen LogP contribution is 2.16. The maximum atomic E-state index is 3.53. The van der Waals surface area contributed by atoms with Crippen molar-refractivity contribution in [2.24, 2.45) is 5.92 Å². The number of aromatic amines is 1. The number of aromatic nitrogens is 2. The summed E-state index contributed by atoms with van der Waals surface area (Å²) in [5.41, 5.74) is 0. The first-order valence-corrected chi connectivity index (χ1v) is 15.7. The highest BCUT2D eigenvalue weighted by Gasteiger charge is 2.16. The molecule has 0 fully saturated rings. The molecule has 1 N–H and O–H groups in total. The van der Waals surface area contributed by atoms with Gasteiger partial charge in [-0.15, -0.1) is 0 Å². The van der Waals surface area contributed by atoms with Gasteiger partial charge in [0.1, 0.15) is 12.4 Å². The second-order valence-electron chi connectivity index (χ2n) is 11.6. The van der Waals surface area contributed by atoms with Crippen molar-refractivity contribution in [3.8, 4) is 0 Å². The standard InChI is InChI=1S/C32H62N2/c1-5-6-7-8-9-10-11-12-13-14-15-16-20-23-26-31(4)34-29-28-33-32(34)27-24-21-18-17-19-22-25-30(2)3/h28-31H,5-27H2,1-4H3/p+1. The van der Waals surface area contributed by atoms with Crippen LogP contribution in [0.25, 0.3) is 0 Å². The lowest BCUT2D eigenvalue weighted by Crippen LogP contribution is -2.39. The lowest BCUT2D eigenvalue weighted by atomic mass is 10.0. The fraction of sp³-hybridized carbons (Fsp3) is 0.906. The van der Waals surface area contributed by atoms with Crippen LogP contribution < -0.4 is 4.57 Å². The van der Waals surface area contributed by atoms with Crippen LogP contribution in [0, 0.1) is 5.92 Å². The summed E-state index contributed by atoms with van der Waals surface area (Å²) >= 11 is 0. The Balaban J connectivity index is 1.96. The van der Waals surface area contributed by atoms with Crippen LogP contribution in [0.2, 0.25) is 0 Å². The van der Waals surface area contributed by atoms with Crippen LogP contribution >= 0.6 is 0 Å². The van der Waals surface area contributed by atoms with Crippen LogP contribution in [0.4, 0.5) is 0 Å². The number of nitrogens with one attached hydrogen (secondary N) is 1. The van der Waals surface area contributed by atoms with Crippen molar-refractivity contribution in [3.05, 3.63) is 18.2 Å². The Morgan fingerprint density at radius 1 is 0.588 bits per heavy atom. The van der Waals surface area contributed by atoms with Gasteiger partial charge in [-0.25, -0.2) is 9.55 Å². The molecule has 2 nitrogen and oxygen atoms in total. The minimum absolute atomic E-state index is 0.634. The summed E-state index contributed by atoms with van der Waals surface area (Å²) in [5, 5.41) is 0. The molecule has 1 unspecified atom stereocenters. The molecule has 0 aliphatic carbocycles. The van der Waals surface area contributed by atoms with Crippen LogP contribution in [0.1, 0.15) is 181 Å². The van der Waals surface area contributed by atoms with Gasteiger partial charge in [0, 0.05) is 6.42 Å². The molecule has 0 aliphatic heterocycles. The highest BCUT2D eigenvalue weighted by atomic mass is 15.1. The predicted molar refractivity (Wildman–Crippen MR) is 151 cm³/mol. The normalized spacial score (nSPS) is 12.6. The molecule has 0 saturated heterocycles. The van der Waals surface area contributed by atoms with Crippen molar-refractivity contribution in [2.45, 2.75) is 181 Å². The SMILES string of the molecule is CCCCCCCCCCCCCCCCC(C)[n+]1cc[nH]c1CCCCCCCCC(C)C. The summed E-state index contributed by atoms with van der Waals surface area (Å²) < 4.78 is 2.52. The minimum atomic E-state index is 0.634. The fourth-order valence-electron chi connectivity index (χ4n) is 5.32. The summed E-state index contributed by atoms with van der Waals surface area (Å²) in [6, 6.07) is 0.634. The number of aryl methyl sites for hydroxylation is 1. The van der Waals surface area contributed by atoms with Gasteiger partial charge in [-0.05, 0) is 32.1 Å². The van der Waals surface area contributed by atoms with E-state index in [0.29, 0.717) is 6.04 Å². The molecule has 1 aromatic heterocycles. The number of hydrogen-bond donors (Lipinski definition) is 1. The number of imidazole rings is 1. The molecule has 1 rings (SSSR count). The summed E-state index contributed by atoms with van der Waals surface area (Å²) in [4.78, 5) is 3.53. The van der Waals surface area contributed by atoms with Crippen molar-refractivity contribution < 1.29 is 4.57 Å². The first-order valence-electron chi connectivity index (χ1n) is 15.7. The molecular weight excluding hydrogens is 412 g/mol. The van der Waals surface area contributed by atoms with E-state index in [1.165, 1.54) is 154 Å². The van der Waals surface area contributed by atoms with E-state index < -0.39 is 0 Å². The first-order chi connectivity index (χ1) is 16.6. The van der Waals surface area contributed by atoms with Crippen LogP contribution in [0.15, 0.2) is 12.4 Å². The highest BCUT2D eigenvalue weighted by molar-refractivity contribution is 4.78. The van der Waals surface area contributed by atoms with Crippen molar-refractivity contribution in [1.82, 2.24) is 4.98 Å². The van der Waals surface area contributed by atoms with E-state index in [1.807, 2.05) is 0 Å². The number of H-pyrrole nitrogens is 1. The smallest absolute Gasteiger partial charge is 0.248 e. The molecule has 2 heteroatoms. The molecule has 0 bridgehead atoms. The Bertz CT molecular complexity index is 533. The van der Waals surface area contributed by atoms with Crippen molar-refractivity contribution in [2.75, 3.05) is 0 Å². The van der Waals surface area contributed by atoms with Crippen LogP contribution in [0.5, 0.6) is 0 Å². The number of hydrogen-bond acceptors (Lipinski definition) is 0. The van der Waals surface area contributed by atoms with Gasteiger partial charge in [-0.2, -0.15) is 0 Å². The molecule has 0 spiro atoms. The lowest BCUT2D eigenvalue weighted by Gasteiger charge is -2.10. The zero-order valence-electron chi connectivity index (χ0n) is 24.0. The summed E-state index contributed by atoms with van der Waals surface area (Å²) in [6.45, 7) is 9.39. The zero-order valence-corrected chi connectivity index (χ0v) is 24.0. The Labute approximate surface area is 215 Å². The molecule has 0 radical (unpaired) electrons. The monoisotopic (exact) mass is 475 g/mol. The van der Waals surface area contributed by atoms with Crippen LogP contribution in [0.3, 0.4) is 0 Å². The Kier molecular flexibility index (Phi) is 20.8. The molecule has 1 heterocycles. The van der Waals surface area contributed by atoms with Gasteiger partial charge >= 0.3 is 0 Å². The van der Waals surface area contributed by atoms with E-state index in [-0.39, 0.29) is 0 Å². The minimum Gasteiger partial charge on any atom is -0.248 e. The van der Waals surface area contributed by atoms with E-state index in [2.05, 4.69) is 49.6 Å². The van der Waals surface area contributed by atoms with E-state index in [0.717, 1.165) is 5.92 Å². The molecular formula is C32H63N2+. The first kappa shape index (κ1) is 31.2. The molecule has 0 amide bonds. The Morgan fingerprint density at radius 2 is 1.03 bits per heavy atom. The predicted octanol–water partition coefficient (Wildman–Crippen LogP) is 10.7. The average molecular weight is 476 g/mol. The van der Waals surface area contributed by atoms with Gasteiger partial charge in [-0.3, -0.25) is 0 Å². The van der Waals surface area contributed by atoms with Gasteiger partial charge in [0.2, 0.25) is 0 Å². The van der Waals surface area contributed by atoms with Gasteiger partial charge in [-0.1, -0.05) is 143 Å². The summed E-state index contributed by atoms with van der Waals surface area (Å²) in [6.07, 6.45) is 37.0. The van der Waals surface area contributed by atoms with E-state index in [1.54, 1.807) is 0 Å². The third-order valence-corrected chi connectivity index (χ3v) is 7.69. The van der Waals surface area contributed by atoms with Crippen LogP contribution in [-0.4, -0.2) is 4.98 Å². The van der Waals surface area contributed by atoms with Gasteiger partial charge < -0.3 is 0 Å². The molecule has 0 aromatic carbocycles.